The normalized spacial score (nSPS) is 16.8. The van der Waals surface area contributed by atoms with E-state index in [0.29, 0.717) is 28.1 Å². The van der Waals surface area contributed by atoms with Gasteiger partial charge in [0, 0.05) is 11.3 Å². The number of amides is 1. The predicted molar refractivity (Wildman–Crippen MR) is 129 cm³/mol. The van der Waals surface area contributed by atoms with Gasteiger partial charge in [-0.05, 0) is 48.0 Å². The van der Waals surface area contributed by atoms with Crippen molar-refractivity contribution in [2.75, 3.05) is 13.4 Å². The van der Waals surface area contributed by atoms with E-state index in [4.69, 9.17) is 26.5 Å². The average Bonchev–Trinajstić information content (AvgIpc) is 3.22. The van der Waals surface area contributed by atoms with Crippen LogP contribution >= 0.6 is 23.5 Å². The van der Waals surface area contributed by atoms with Crippen molar-refractivity contribution in [3.8, 4) is 11.5 Å². The molecule has 10 nitrogen and oxygen atoms in total. The number of fused-ring (bicyclic) bond motifs is 1. The van der Waals surface area contributed by atoms with Crippen LogP contribution in [0.4, 0.5) is 0 Å². The molecular formula is C21H15ClN4O6S2. The summed E-state index contributed by atoms with van der Waals surface area (Å²) >= 11 is 6.55. The van der Waals surface area contributed by atoms with Crippen molar-refractivity contribution < 1.29 is 27.5 Å². The molecule has 13 heteroatoms. The van der Waals surface area contributed by atoms with Gasteiger partial charge >= 0.3 is 5.97 Å². The Balaban J connectivity index is 1.63. The molecule has 0 aromatic heterocycles. The Morgan fingerprint density at radius 3 is 2.53 bits per heavy atom. The summed E-state index contributed by atoms with van der Waals surface area (Å²) in [6.45, 7) is 0. The summed E-state index contributed by atoms with van der Waals surface area (Å²) in [7, 11) is -2.37. The zero-order valence-corrected chi connectivity index (χ0v) is 20.0. The van der Waals surface area contributed by atoms with Gasteiger partial charge < -0.3 is 9.47 Å². The van der Waals surface area contributed by atoms with Crippen molar-refractivity contribution in [2.24, 2.45) is 9.39 Å². The SMILES string of the molecule is COc1cc(/C=C2/C(=N)N3C(=NC2=O)SN=C3S(C)(=O)=O)ccc1OC(=O)c1ccc(Cl)cc1. The maximum absolute atomic E-state index is 12.5. The third-order valence-corrected chi connectivity index (χ3v) is 6.61. The van der Waals surface area contributed by atoms with Crippen LogP contribution in [0.15, 0.2) is 57.4 Å². The van der Waals surface area contributed by atoms with Crippen LogP contribution in [0.1, 0.15) is 15.9 Å². The van der Waals surface area contributed by atoms with Crippen molar-refractivity contribution in [1.82, 2.24) is 4.90 Å². The molecule has 0 saturated carbocycles. The van der Waals surface area contributed by atoms with E-state index < -0.39 is 21.7 Å². The summed E-state index contributed by atoms with van der Waals surface area (Å²) in [5, 5.41) is 8.50. The molecule has 1 amide bonds. The lowest BCUT2D eigenvalue weighted by molar-refractivity contribution is -0.114. The fraction of sp³-hybridized carbons (Fsp3) is 0.0952. The average molecular weight is 519 g/mol. The zero-order chi connectivity index (χ0) is 24.6. The summed E-state index contributed by atoms with van der Waals surface area (Å²) < 4.78 is 38.5. The number of nitrogens with one attached hydrogen (secondary N) is 1. The molecule has 4 rings (SSSR count). The van der Waals surface area contributed by atoms with Crippen molar-refractivity contribution in [3.63, 3.8) is 0 Å². The third-order valence-electron chi connectivity index (χ3n) is 4.61. The minimum absolute atomic E-state index is 0.00499. The first-order valence-corrected chi connectivity index (χ1v) is 12.5. The molecule has 2 aliphatic rings. The molecular weight excluding hydrogens is 504 g/mol. The smallest absolute Gasteiger partial charge is 0.343 e. The standard InChI is InChI=1S/C21H15ClN4O6S2/c1-31-16-10-11(3-8-15(16)32-19(28)12-4-6-13(22)7-5-12)9-14-17(23)26-20(24-18(14)27)33-25-21(26)34(2,29)30/h3-10,23H,1-2H3/b14-9-,23-17?. The minimum Gasteiger partial charge on any atom is -0.493 e. The topological polar surface area (TPSA) is 139 Å². The van der Waals surface area contributed by atoms with Gasteiger partial charge in [0.05, 0.1) is 30.2 Å². The Labute approximate surface area is 203 Å². The number of hydrogen-bond acceptors (Lipinski definition) is 9. The number of amidine groups is 3. The van der Waals surface area contributed by atoms with E-state index in [2.05, 4.69) is 9.39 Å². The Morgan fingerprint density at radius 2 is 1.88 bits per heavy atom. The fourth-order valence-corrected chi connectivity index (χ4v) is 4.98. The number of esters is 1. The molecule has 0 spiro atoms. The second-order valence-electron chi connectivity index (χ2n) is 6.99. The van der Waals surface area contributed by atoms with E-state index in [0.717, 1.165) is 11.2 Å². The summed E-state index contributed by atoms with van der Waals surface area (Å²) in [6.07, 6.45) is 2.32. The molecule has 0 fully saturated rings. The van der Waals surface area contributed by atoms with E-state index in [-0.39, 0.29) is 33.2 Å². The first-order valence-electron chi connectivity index (χ1n) is 9.43. The van der Waals surface area contributed by atoms with E-state index in [9.17, 15) is 18.0 Å². The highest BCUT2D eigenvalue weighted by atomic mass is 35.5. The van der Waals surface area contributed by atoms with Gasteiger partial charge in [-0.3, -0.25) is 10.2 Å². The summed E-state index contributed by atoms with van der Waals surface area (Å²) in [6, 6.07) is 10.7. The molecule has 34 heavy (non-hydrogen) atoms. The Bertz CT molecular complexity index is 1430. The predicted octanol–water partition coefficient (Wildman–Crippen LogP) is 3.19. The molecule has 2 heterocycles. The molecule has 0 saturated heterocycles. The first kappa shape index (κ1) is 23.7. The summed E-state index contributed by atoms with van der Waals surface area (Å²) in [4.78, 5) is 29.8. The maximum Gasteiger partial charge on any atom is 0.343 e. The van der Waals surface area contributed by atoms with Crippen LogP contribution in [-0.2, 0) is 14.6 Å². The van der Waals surface area contributed by atoms with Gasteiger partial charge in [-0.25, -0.2) is 18.1 Å². The van der Waals surface area contributed by atoms with Gasteiger partial charge in [-0.1, -0.05) is 17.7 Å². The number of carbonyl (C=O) groups excluding carboxylic acids is 2. The number of ether oxygens (including phenoxy) is 2. The minimum atomic E-state index is -3.75. The monoisotopic (exact) mass is 518 g/mol. The number of benzene rings is 2. The number of halogens is 1. The molecule has 0 unspecified atom stereocenters. The highest BCUT2D eigenvalue weighted by Gasteiger charge is 2.41. The van der Waals surface area contributed by atoms with E-state index in [1.807, 2.05) is 0 Å². The molecule has 2 aliphatic heterocycles. The van der Waals surface area contributed by atoms with Gasteiger partial charge in [0.15, 0.2) is 11.5 Å². The number of sulfone groups is 1. The van der Waals surface area contributed by atoms with E-state index in [1.54, 1.807) is 18.2 Å². The molecule has 0 radical (unpaired) electrons. The quantitative estimate of drug-likeness (QED) is 0.282. The Kier molecular flexibility index (Phi) is 6.30. The van der Waals surface area contributed by atoms with Crippen molar-refractivity contribution in [2.45, 2.75) is 0 Å². The lowest BCUT2D eigenvalue weighted by Gasteiger charge is -2.23. The van der Waals surface area contributed by atoms with Crippen LogP contribution in [0.3, 0.4) is 0 Å². The zero-order valence-electron chi connectivity index (χ0n) is 17.6. The molecule has 0 aliphatic carbocycles. The van der Waals surface area contributed by atoms with Crippen LogP contribution < -0.4 is 9.47 Å². The van der Waals surface area contributed by atoms with E-state index >= 15 is 0 Å². The van der Waals surface area contributed by atoms with Crippen molar-refractivity contribution >= 4 is 67.5 Å². The molecule has 0 atom stereocenters. The van der Waals surface area contributed by atoms with Gasteiger partial charge in [0.1, 0.15) is 5.84 Å². The second-order valence-corrected chi connectivity index (χ2v) is 10.1. The summed E-state index contributed by atoms with van der Waals surface area (Å²) in [5.74, 6) is -1.37. The van der Waals surface area contributed by atoms with Gasteiger partial charge in [-0.15, -0.1) is 0 Å². The Hall–Kier alpha value is -3.48. The molecule has 0 bridgehead atoms. The van der Waals surface area contributed by atoms with Crippen LogP contribution in [0.2, 0.25) is 5.02 Å². The fourth-order valence-electron chi connectivity index (χ4n) is 3.01. The molecule has 2 aromatic rings. The lowest BCUT2D eigenvalue weighted by Crippen LogP contribution is -2.45. The van der Waals surface area contributed by atoms with Crippen LogP contribution in [-0.4, -0.2) is 54.7 Å². The third kappa shape index (κ3) is 4.60. The van der Waals surface area contributed by atoms with Crippen LogP contribution in [0, 0.1) is 5.41 Å². The van der Waals surface area contributed by atoms with Crippen molar-refractivity contribution in [3.05, 3.63) is 64.2 Å². The largest absolute Gasteiger partial charge is 0.493 e. The molecule has 2 aromatic carbocycles. The first-order chi connectivity index (χ1) is 16.1. The number of nitrogens with zero attached hydrogens (tertiary/aromatic N) is 3. The van der Waals surface area contributed by atoms with Gasteiger partial charge in [-0.2, -0.15) is 9.39 Å². The number of carbonyl (C=O) groups is 2. The van der Waals surface area contributed by atoms with Gasteiger partial charge in [0.25, 0.3) is 5.91 Å². The molecule has 174 valence electrons. The number of rotatable bonds is 4. The van der Waals surface area contributed by atoms with Crippen LogP contribution in [0.5, 0.6) is 11.5 Å². The highest BCUT2D eigenvalue weighted by molar-refractivity contribution is 8.16. The van der Waals surface area contributed by atoms with E-state index in [1.165, 1.54) is 37.5 Å². The van der Waals surface area contributed by atoms with Crippen LogP contribution in [0.25, 0.3) is 6.08 Å². The highest BCUT2D eigenvalue weighted by Crippen LogP contribution is 2.32. The number of aliphatic imine (C=N–C) groups is 1. The Morgan fingerprint density at radius 1 is 1.18 bits per heavy atom. The summed E-state index contributed by atoms with van der Waals surface area (Å²) in [5.41, 5.74) is 0.578. The number of hydrogen-bond donors (Lipinski definition) is 1. The molecule has 1 N–H and O–H groups in total. The maximum atomic E-state index is 12.5. The van der Waals surface area contributed by atoms with Gasteiger partial charge in [0.2, 0.25) is 20.2 Å². The number of methoxy groups -OCH3 is 1. The van der Waals surface area contributed by atoms with Crippen molar-refractivity contribution in [1.29, 1.82) is 5.41 Å². The second kappa shape index (κ2) is 9.05. The lowest BCUT2D eigenvalue weighted by atomic mass is 10.1.